The first-order valence-electron chi connectivity index (χ1n) is 6.61. The number of fused-ring (bicyclic) bond motifs is 2. The molecular weight excluding hydrogens is 284 g/mol. The fourth-order valence-corrected chi connectivity index (χ4v) is 3.34. The standard InChI is InChI=1S/C12H20N4O3.ClH/c13-10-7-2-1-6(5-7)9(10)11(18)15-4-3-8(17)16-12(14)19;/h6-7,9-10H,1-5,13H2,(H,15,18)(H3,14,16,17,19);1H. The van der Waals surface area contributed by atoms with Crippen molar-refractivity contribution < 1.29 is 14.4 Å². The van der Waals surface area contributed by atoms with E-state index in [0.717, 1.165) is 19.3 Å². The predicted octanol–water partition coefficient (Wildman–Crippen LogP) is -0.517. The Balaban J connectivity index is 0.00000200. The summed E-state index contributed by atoms with van der Waals surface area (Å²) in [5.74, 6) is 0.160. The molecule has 8 heteroatoms. The van der Waals surface area contributed by atoms with Crippen LogP contribution in [-0.4, -0.2) is 30.4 Å². The van der Waals surface area contributed by atoms with Gasteiger partial charge in [-0.2, -0.15) is 0 Å². The van der Waals surface area contributed by atoms with Crippen LogP contribution in [0.1, 0.15) is 25.7 Å². The van der Waals surface area contributed by atoms with Gasteiger partial charge in [-0.25, -0.2) is 4.79 Å². The zero-order chi connectivity index (χ0) is 14.0. The van der Waals surface area contributed by atoms with Crippen LogP contribution in [-0.2, 0) is 9.59 Å². The second kappa shape index (κ2) is 6.90. The number of rotatable bonds is 4. The van der Waals surface area contributed by atoms with Crippen molar-refractivity contribution in [3.05, 3.63) is 0 Å². The highest BCUT2D eigenvalue weighted by atomic mass is 35.5. The number of hydrogen-bond acceptors (Lipinski definition) is 4. The topological polar surface area (TPSA) is 127 Å². The van der Waals surface area contributed by atoms with Gasteiger partial charge in [0, 0.05) is 19.0 Å². The molecule has 2 fully saturated rings. The van der Waals surface area contributed by atoms with Crippen molar-refractivity contribution in [3.63, 3.8) is 0 Å². The van der Waals surface area contributed by atoms with E-state index in [9.17, 15) is 14.4 Å². The van der Waals surface area contributed by atoms with Crippen molar-refractivity contribution in [2.24, 2.45) is 29.2 Å². The predicted molar refractivity (Wildman–Crippen MR) is 74.9 cm³/mol. The summed E-state index contributed by atoms with van der Waals surface area (Å²) in [6.07, 6.45) is 3.27. The molecule has 0 heterocycles. The number of amides is 4. The summed E-state index contributed by atoms with van der Waals surface area (Å²) >= 11 is 0. The molecule has 0 aromatic carbocycles. The smallest absolute Gasteiger partial charge is 0.318 e. The molecule has 0 radical (unpaired) electrons. The van der Waals surface area contributed by atoms with Crippen LogP contribution in [0.4, 0.5) is 4.79 Å². The van der Waals surface area contributed by atoms with E-state index in [2.05, 4.69) is 5.32 Å². The Morgan fingerprint density at radius 1 is 1.15 bits per heavy atom. The van der Waals surface area contributed by atoms with Gasteiger partial charge in [-0.15, -0.1) is 12.4 Å². The van der Waals surface area contributed by atoms with Crippen molar-refractivity contribution in [1.29, 1.82) is 0 Å². The van der Waals surface area contributed by atoms with Gasteiger partial charge in [0.05, 0.1) is 5.92 Å². The van der Waals surface area contributed by atoms with E-state index in [1.807, 2.05) is 5.32 Å². The molecule has 4 amide bonds. The van der Waals surface area contributed by atoms with E-state index < -0.39 is 11.9 Å². The number of nitrogens with two attached hydrogens (primary N) is 2. The van der Waals surface area contributed by atoms with Crippen molar-refractivity contribution in [1.82, 2.24) is 10.6 Å². The van der Waals surface area contributed by atoms with Crippen LogP contribution in [0.25, 0.3) is 0 Å². The lowest BCUT2D eigenvalue weighted by molar-refractivity contribution is -0.127. The van der Waals surface area contributed by atoms with E-state index in [-0.39, 0.29) is 43.2 Å². The molecule has 7 nitrogen and oxygen atoms in total. The summed E-state index contributed by atoms with van der Waals surface area (Å²) in [5, 5.41) is 4.66. The number of halogens is 1. The van der Waals surface area contributed by atoms with E-state index in [0.29, 0.717) is 11.8 Å². The molecule has 2 aliphatic rings. The van der Waals surface area contributed by atoms with Crippen LogP contribution in [0.5, 0.6) is 0 Å². The monoisotopic (exact) mass is 304 g/mol. The lowest BCUT2D eigenvalue weighted by Gasteiger charge is -2.26. The largest absolute Gasteiger partial charge is 0.355 e. The second-order valence-corrected chi connectivity index (χ2v) is 5.39. The lowest BCUT2D eigenvalue weighted by Crippen LogP contribution is -2.46. The number of nitrogens with one attached hydrogen (secondary N) is 2. The van der Waals surface area contributed by atoms with Crippen LogP contribution < -0.4 is 22.1 Å². The fraction of sp³-hybridized carbons (Fsp3) is 0.750. The zero-order valence-electron chi connectivity index (χ0n) is 11.1. The Morgan fingerprint density at radius 2 is 1.80 bits per heavy atom. The molecule has 2 bridgehead atoms. The Morgan fingerprint density at radius 3 is 2.35 bits per heavy atom. The van der Waals surface area contributed by atoms with Gasteiger partial charge in [-0.05, 0) is 31.1 Å². The van der Waals surface area contributed by atoms with Gasteiger partial charge in [0.2, 0.25) is 11.8 Å². The first-order chi connectivity index (χ1) is 8.99. The van der Waals surface area contributed by atoms with Crippen molar-refractivity contribution in [3.8, 4) is 0 Å². The number of carbonyl (C=O) groups excluding carboxylic acids is 3. The molecule has 0 saturated heterocycles. The quantitative estimate of drug-likeness (QED) is 0.557. The van der Waals surface area contributed by atoms with Gasteiger partial charge in [-0.3, -0.25) is 14.9 Å². The minimum Gasteiger partial charge on any atom is -0.355 e. The van der Waals surface area contributed by atoms with Crippen molar-refractivity contribution in [2.75, 3.05) is 6.54 Å². The van der Waals surface area contributed by atoms with Crippen molar-refractivity contribution in [2.45, 2.75) is 31.7 Å². The van der Waals surface area contributed by atoms with Crippen LogP contribution >= 0.6 is 12.4 Å². The second-order valence-electron chi connectivity index (χ2n) is 5.39. The maximum absolute atomic E-state index is 12.0. The molecule has 114 valence electrons. The van der Waals surface area contributed by atoms with E-state index in [1.54, 1.807) is 0 Å². The lowest BCUT2D eigenvalue weighted by atomic mass is 9.84. The molecule has 2 aliphatic carbocycles. The third-order valence-electron chi connectivity index (χ3n) is 4.20. The van der Waals surface area contributed by atoms with Crippen LogP contribution in [0.15, 0.2) is 0 Å². The third-order valence-corrected chi connectivity index (χ3v) is 4.20. The SMILES string of the molecule is Cl.NC(=O)NC(=O)CCNC(=O)C1C2CCC(C2)C1N. The number of imide groups is 1. The molecule has 0 aromatic heterocycles. The highest BCUT2D eigenvalue weighted by Crippen LogP contribution is 2.47. The Bertz CT molecular complexity index is 402. The van der Waals surface area contributed by atoms with Gasteiger partial charge in [0.25, 0.3) is 0 Å². The molecule has 0 spiro atoms. The molecule has 0 aromatic rings. The maximum Gasteiger partial charge on any atom is 0.318 e. The molecule has 20 heavy (non-hydrogen) atoms. The zero-order valence-corrected chi connectivity index (χ0v) is 11.9. The Kier molecular flexibility index (Phi) is 5.76. The van der Waals surface area contributed by atoms with Crippen LogP contribution in [0, 0.1) is 17.8 Å². The number of carbonyl (C=O) groups is 3. The highest BCUT2D eigenvalue weighted by Gasteiger charge is 2.48. The summed E-state index contributed by atoms with van der Waals surface area (Å²) < 4.78 is 0. The van der Waals surface area contributed by atoms with Gasteiger partial charge >= 0.3 is 6.03 Å². The Hall–Kier alpha value is -1.34. The normalized spacial score (nSPS) is 30.4. The average molecular weight is 305 g/mol. The molecule has 4 unspecified atom stereocenters. The fourth-order valence-electron chi connectivity index (χ4n) is 3.34. The highest BCUT2D eigenvalue weighted by molar-refractivity contribution is 5.93. The van der Waals surface area contributed by atoms with Gasteiger partial charge in [-0.1, -0.05) is 0 Å². The molecular formula is C12H21ClN4O3. The number of primary amides is 1. The minimum atomic E-state index is -0.883. The number of hydrogen-bond donors (Lipinski definition) is 4. The minimum absolute atomic E-state index is 0. The molecule has 2 saturated carbocycles. The van der Waals surface area contributed by atoms with E-state index in [4.69, 9.17) is 11.5 Å². The van der Waals surface area contributed by atoms with Gasteiger partial charge in [0.15, 0.2) is 0 Å². The number of urea groups is 1. The summed E-state index contributed by atoms with van der Waals surface area (Å²) in [5.41, 5.74) is 10.9. The molecule has 4 atom stereocenters. The van der Waals surface area contributed by atoms with Crippen LogP contribution in [0.3, 0.4) is 0 Å². The molecule has 2 rings (SSSR count). The summed E-state index contributed by atoms with van der Waals surface area (Å²) in [7, 11) is 0. The van der Waals surface area contributed by atoms with Crippen molar-refractivity contribution >= 4 is 30.3 Å². The average Bonchev–Trinajstić information content (AvgIpc) is 2.87. The summed E-state index contributed by atoms with van der Waals surface area (Å²) in [6.45, 7) is 0.193. The van der Waals surface area contributed by atoms with E-state index >= 15 is 0 Å². The summed E-state index contributed by atoms with van der Waals surface area (Å²) in [4.78, 5) is 33.6. The van der Waals surface area contributed by atoms with Gasteiger partial charge in [0.1, 0.15) is 0 Å². The van der Waals surface area contributed by atoms with Crippen LogP contribution in [0.2, 0.25) is 0 Å². The third kappa shape index (κ3) is 3.61. The first-order valence-corrected chi connectivity index (χ1v) is 6.61. The first kappa shape index (κ1) is 16.7. The summed E-state index contributed by atoms with van der Waals surface area (Å²) in [6, 6.07) is -0.940. The molecule has 6 N–H and O–H groups in total. The van der Waals surface area contributed by atoms with E-state index in [1.165, 1.54) is 0 Å². The van der Waals surface area contributed by atoms with Gasteiger partial charge < -0.3 is 16.8 Å². The molecule has 0 aliphatic heterocycles. The maximum atomic E-state index is 12.0. The Labute approximate surface area is 123 Å².